The van der Waals surface area contributed by atoms with E-state index in [2.05, 4.69) is 45.1 Å². The molecule has 0 amide bonds. The predicted octanol–water partition coefficient (Wildman–Crippen LogP) is 4.73. The lowest BCUT2D eigenvalue weighted by molar-refractivity contribution is 0.373. The van der Waals surface area contributed by atoms with Crippen molar-refractivity contribution in [3.8, 4) is 11.8 Å². The van der Waals surface area contributed by atoms with Crippen LogP contribution in [-0.4, -0.2) is 43.9 Å². The second-order valence-corrected chi connectivity index (χ2v) is 9.44. The van der Waals surface area contributed by atoms with Crippen molar-refractivity contribution in [1.82, 2.24) is 24.7 Å². The summed E-state index contributed by atoms with van der Waals surface area (Å²) in [5, 5.41) is 8.96. The summed E-state index contributed by atoms with van der Waals surface area (Å²) in [7, 11) is 0. The number of rotatable bonds is 6. The minimum atomic E-state index is 0.117. The normalized spacial score (nSPS) is 22.4. The van der Waals surface area contributed by atoms with E-state index in [1.54, 1.807) is 12.4 Å². The van der Waals surface area contributed by atoms with Gasteiger partial charge in [-0.1, -0.05) is 17.7 Å². The first-order chi connectivity index (χ1) is 15.5. The van der Waals surface area contributed by atoms with E-state index in [0.717, 1.165) is 24.6 Å². The molecule has 1 N–H and O–H groups in total. The topological polar surface area (TPSA) is 81.0 Å². The number of piperidine rings is 1. The van der Waals surface area contributed by atoms with Crippen LogP contribution in [0.2, 0.25) is 5.02 Å². The standard InChI is InChI=1S/C23H28ClN7O/c1-14(2)31-23(32-19-6-4-5-18(24)10-19)28-22(29-31)27-21-16-7-8-17(21)12-30(11-16)20-9-15(3)25-13-26-20/h4-6,9-10,13-14,16-17,21H,7-8,11-12H2,1-3H3,(H,27,29). The Hall–Kier alpha value is -2.87. The van der Waals surface area contributed by atoms with Gasteiger partial charge >= 0.3 is 6.01 Å². The largest absolute Gasteiger partial charge is 0.424 e. The van der Waals surface area contributed by atoms with Gasteiger partial charge in [0.15, 0.2) is 0 Å². The van der Waals surface area contributed by atoms with E-state index >= 15 is 0 Å². The monoisotopic (exact) mass is 453 g/mol. The number of aromatic nitrogens is 5. The molecular weight excluding hydrogens is 426 g/mol. The minimum absolute atomic E-state index is 0.117. The summed E-state index contributed by atoms with van der Waals surface area (Å²) in [4.78, 5) is 15.8. The van der Waals surface area contributed by atoms with Crippen molar-refractivity contribution >= 4 is 23.4 Å². The first-order valence-electron chi connectivity index (χ1n) is 11.2. The Bertz CT molecular complexity index is 1090. The molecule has 2 aliphatic rings. The maximum absolute atomic E-state index is 6.10. The summed E-state index contributed by atoms with van der Waals surface area (Å²) < 4.78 is 7.83. The summed E-state index contributed by atoms with van der Waals surface area (Å²) in [5.74, 6) is 3.32. The van der Waals surface area contributed by atoms with Crippen LogP contribution in [0.15, 0.2) is 36.7 Å². The van der Waals surface area contributed by atoms with Crippen molar-refractivity contribution in [2.45, 2.75) is 45.7 Å². The second kappa shape index (κ2) is 8.58. The molecular formula is C23H28ClN7O. The number of anilines is 2. The summed E-state index contributed by atoms with van der Waals surface area (Å²) in [6.45, 7) is 8.08. The van der Waals surface area contributed by atoms with Gasteiger partial charge in [-0.2, -0.15) is 4.98 Å². The van der Waals surface area contributed by atoms with Crippen LogP contribution in [0, 0.1) is 18.8 Å². The third-order valence-corrected chi connectivity index (χ3v) is 6.57. The van der Waals surface area contributed by atoms with Crippen LogP contribution in [0.5, 0.6) is 11.8 Å². The van der Waals surface area contributed by atoms with Crippen molar-refractivity contribution in [3.63, 3.8) is 0 Å². The molecule has 2 unspecified atom stereocenters. The maximum Gasteiger partial charge on any atom is 0.322 e. The Morgan fingerprint density at radius 1 is 1.12 bits per heavy atom. The van der Waals surface area contributed by atoms with E-state index in [-0.39, 0.29) is 6.04 Å². The van der Waals surface area contributed by atoms with E-state index in [9.17, 15) is 0 Å². The van der Waals surface area contributed by atoms with Crippen LogP contribution in [0.3, 0.4) is 0 Å². The molecule has 8 nitrogen and oxygen atoms in total. The lowest BCUT2D eigenvalue weighted by Crippen LogP contribution is -2.48. The molecule has 5 rings (SSSR count). The molecule has 1 aromatic carbocycles. The highest BCUT2D eigenvalue weighted by Gasteiger charge is 2.43. The highest BCUT2D eigenvalue weighted by Crippen LogP contribution is 2.40. The number of fused-ring (bicyclic) bond motifs is 2. The fraction of sp³-hybridized carbons (Fsp3) is 0.478. The number of hydrogen-bond acceptors (Lipinski definition) is 7. The Kier molecular flexibility index (Phi) is 5.63. The highest BCUT2D eigenvalue weighted by atomic mass is 35.5. The molecule has 32 heavy (non-hydrogen) atoms. The second-order valence-electron chi connectivity index (χ2n) is 9.01. The van der Waals surface area contributed by atoms with Gasteiger partial charge in [-0.25, -0.2) is 14.6 Å². The number of benzene rings is 1. The minimum Gasteiger partial charge on any atom is -0.424 e. The third kappa shape index (κ3) is 4.24. The van der Waals surface area contributed by atoms with E-state index in [4.69, 9.17) is 21.4 Å². The van der Waals surface area contributed by atoms with Crippen molar-refractivity contribution < 1.29 is 4.74 Å². The molecule has 1 aliphatic carbocycles. The number of nitrogens with one attached hydrogen (secondary N) is 1. The van der Waals surface area contributed by atoms with E-state index in [0.29, 0.717) is 40.6 Å². The highest BCUT2D eigenvalue weighted by molar-refractivity contribution is 6.30. The summed E-state index contributed by atoms with van der Waals surface area (Å²) in [6.07, 6.45) is 4.04. The van der Waals surface area contributed by atoms with Crippen LogP contribution in [0.25, 0.3) is 0 Å². The van der Waals surface area contributed by atoms with Crippen LogP contribution < -0.4 is 15.0 Å². The molecule has 2 bridgehead atoms. The molecule has 0 spiro atoms. The Morgan fingerprint density at radius 3 is 2.59 bits per heavy atom. The summed E-state index contributed by atoms with van der Waals surface area (Å²) in [5.41, 5.74) is 0.998. The van der Waals surface area contributed by atoms with Crippen molar-refractivity contribution in [2.24, 2.45) is 11.8 Å². The number of hydrogen-bond donors (Lipinski definition) is 1. The fourth-order valence-corrected chi connectivity index (χ4v) is 5.00. The van der Waals surface area contributed by atoms with E-state index in [1.807, 2.05) is 29.8 Å². The lowest BCUT2D eigenvalue weighted by Gasteiger charge is -2.38. The van der Waals surface area contributed by atoms with Crippen LogP contribution in [0.1, 0.15) is 38.4 Å². The van der Waals surface area contributed by atoms with Crippen molar-refractivity contribution in [2.75, 3.05) is 23.3 Å². The molecule has 3 aromatic rings. The predicted molar refractivity (Wildman–Crippen MR) is 125 cm³/mol. The molecule has 1 saturated carbocycles. The number of nitrogens with zero attached hydrogens (tertiary/aromatic N) is 6. The Morgan fingerprint density at radius 2 is 1.91 bits per heavy atom. The zero-order valence-corrected chi connectivity index (χ0v) is 19.3. The summed E-state index contributed by atoms with van der Waals surface area (Å²) in [6, 6.07) is 10.3. The molecule has 2 fully saturated rings. The first kappa shape index (κ1) is 21.0. The van der Waals surface area contributed by atoms with Gasteiger partial charge in [-0.3, -0.25) is 0 Å². The molecule has 2 aromatic heterocycles. The zero-order valence-electron chi connectivity index (χ0n) is 18.6. The molecule has 1 saturated heterocycles. The van der Waals surface area contributed by atoms with Gasteiger partial charge < -0.3 is 15.0 Å². The van der Waals surface area contributed by atoms with Gasteiger partial charge in [0.2, 0.25) is 5.95 Å². The third-order valence-electron chi connectivity index (χ3n) is 6.34. The van der Waals surface area contributed by atoms with E-state index in [1.165, 1.54) is 12.8 Å². The van der Waals surface area contributed by atoms with E-state index < -0.39 is 0 Å². The number of ether oxygens (including phenoxy) is 1. The van der Waals surface area contributed by atoms with Gasteiger partial charge in [0.1, 0.15) is 17.9 Å². The molecule has 2 atom stereocenters. The molecule has 9 heteroatoms. The fourth-order valence-electron chi connectivity index (χ4n) is 4.82. The quantitative estimate of drug-likeness (QED) is 0.577. The molecule has 1 aliphatic heterocycles. The first-order valence-corrected chi connectivity index (χ1v) is 11.5. The van der Waals surface area contributed by atoms with Crippen LogP contribution in [-0.2, 0) is 0 Å². The Labute approximate surface area is 193 Å². The molecule has 0 radical (unpaired) electrons. The summed E-state index contributed by atoms with van der Waals surface area (Å²) >= 11 is 6.10. The van der Waals surface area contributed by atoms with Gasteiger partial charge in [-0.15, -0.1) is 5.10 Å². The van der Waals surface area contributed by atoms with Gasteiger partial charge in [0.05, 0.1) is 6.04 Å². The van der Waals surface area contributed by atoms with Crippen molar-refractivity contribution in [3.05, 3.63) is 47.4 Å². The smallest absolute Gasteiger partial charge is 0.322 e. The SMILES string of the molecule is Cc1cc(N2CC3CCC(C2)C3Nc2nc(Oc3cccc(Cl)c3)n(C(C)C)n2)ncn1. The van der Waals surface area contributed by atoms with Crippen LogP contribution in [0.4, 0.5) is 11.8 Å². The number of halogens is 1. The average molecular weight is 454 g/mol. The zero-order chi connectivity index (χ0) is 22.2. The van der Waals surface area contributed by atoms with Gasteiger partial charge in [0.25, 0.3) is 0 Å². The van der Waals surface area contributed by atoms with Crippen molar-refractivity contribution in [1.29, 1.82) is 0 Å². The van der Waals surface area contributed by atoms with Gasteiger partial charge in [0, 0.05) is 35.9 Å². The average Bonchev–Trinajstić information content (AvgIpc) is 3.24. The number of aryl methyl sites for hydroxylation is 1. The molecule has 3 heterocycles. The Balaban J connectivity index is 1.32. The van der Waals surface area contributed by atoms with Crippen LogP contribution >= 0.6 is 11.6 Å². The lowest BCUT2D eigenvalue weighted by atomic mass is 9.92. The maximum atomic E-state index is 6.10. The molecule has 168 valence electrons. The van der Waals surface area contributed by atoms with Gasteiger partial charge in [-0.05, 0) is 63.6 Å².